The Labute approximate surface area is 101 Å². The number of nitrogens with one attached hydrogen (secondary N) is 1. The van der Waals surface area contributed by atoms with E-state index >= 15 is 0 Å². The van der Waals surface area contributed by atoms with E-state index in [1.54, 1.807) is 0 Å². The molecule has 1 aromatic carbocycles. The van der Waals surface area contributed by atoms with E-state index in [1.807, 2.05) is 25.1 Å². The van der Waals surface area contributed by atoms with Crippen molar-refractivity contribution in [1.82, 2.24) is 0 Å². The fourth-order valence-electron chi connectivity index (χ4n) is 1.32. The van der Waals surface area contributed by atoms with Crippen molar-refractivity contribution < 1.29 is 9.53 Å². The highest BCUT2D eigenvalue weighted by molar-refractivity contribution is 6.33. The molecule has 1 aromatic rings. The summed E-state index contributed by atoms with van der Waals surface area (Å²) in [6.07, 6.45) is 1.16. The lowest BCUT2D eigenvalue weighted by atomic mass is 10.2. The first-order valence-electron chi connectivity index (χ1n) is 5.20. The van der Waals surface area contributed by atoms with Crippen LogP contribution >= 0.6 is 11.6 Å². The fraction of sp³-hybridized carbons (Fsp3) is 0.417. The number of rotatable bonds is 5. The highest BCUT2D eigenvalue weighted by Gasteiger charge is 2.01. The number of hydrogen-bond donors (Lipinski definition) is 1. The quantitative estimate of drug-likeness (QED) is 0.636. The zero-order valence-corrected chi connectivity index (χ0v) is 10.3. The van der Waals surface area contributed by atoms with Gasteiger partial charge in [-0.1, -0.05) is 17.7 Å². The highest BCUT2D eigenvalue weighted by atomic mass is 35.5. The van der Waals surface area contributed by atoms with E-state index in [0.717, 1.165) is 17.7 Å². The molecule has 0 saturated carbocycles. The van der Waals surface area contributed by atoms with Crippen LogP contribution in [0.1, 0.15) is 18.4 Å². The van der Waals surface area contributed by atoms with Crippen LogP contribution in [0.15, 0.2) is 18.2 Å². The van der Waals surface area contributed by atoms with Gasteiger partial charge in [-0.25, -0.2) is 0 Å². The van der Waals surface area contributed by atoms with Crippen molar-refractivity contribution in [3.63, 3.8) is 0 Å². The van der Waals surface area contributed by atoms with E-state index in [0.29, 0.717) is 18.0 Å². The maximum absolute atomic E-state index is 10.9. The Hall–Kier alpha value is -1.22. The van der Waals surface area contributed by atoms with Crippen LogP contribution in [-0.2, 0) is 9.53 Å². The monoisotopic (exact) mass is 241 g/mol. The number of carbonyl (C=O) groups is 1. The van der Waals surface area contributed by atoms with Gasteiger partial charge in [0.05, 0.1) is 17.8 Å². The SMILES string of the molecule is COC(=O)CCCNc1ccc(C)cc1Cl. The second-order valence-electron chi connectivity index (χ2n) is 3.59. The molecular formula is C12H16ClNO2. The number of hydrogen-bond acceptors (Lipinski definition) is 3. The third-order valence-electron chi connectivity index (χ3n) is 2.23. The molecule has 0 radical (unpaired) electrons. The molecule has 88 valence electrons. The van der Waals surface area contributed by atoms with Gasteiger partial charge in [0.1, 0.15) is 0 Å². The topological polar surface area (TPSA) is 38.3 Å². The molecule has 1 N–H and O–H groups in total. The van der Waals surface area contributed by atoms with Gasteiger partial charge in [0.15, 0.2) is 0 Å². The number of benzene rings is 1. The van der Waals surface area contributed by atoms with Crippen LogP contribution in [-0.4, -0.2) is 19.6 Å². The van der Waals surface area contributed by atoms with Crippen molar-refractivity contribution in [3.8, 4) is 0 Å². The number of carbonyl (C=O) groups excluding carboxylic acids is 1. The molecule has 0 aliphatic heterocycles. The summed E-state index contributed by atoms with van der Waals surface area (Å²) in [5.74, 6) is -0.184. The lowest BCUT2D eigenvalue weighted by Crippen LogP contribution is -2.06. The maximum Gasteiger partial charge on any atom is 0.305 e. The minimum atomic E-state index is -0.184. The van der Waals surface area contributed by atoms with Gasteiger partial charge in [-0.15, -0.1) is 0 Å². The number of esters is 1. The molecular weight excluding hydrogens is 226 g/mol. The number of aryl methyl sites for hydroxylation is 1. The molecule has 0 aliphatic carbocycles. The molecule has 3 nitrogen and oxygen atoms in total. The molecule has 0 aromatic heterocycles. The number of methoxy groups -OCH3 is 1. The molecule has 0 fully saturated rings. The minimum absolute atomic E-state index is 0.184. The summed E-state index contributed by atoms with van der Waals surface area (Å²) >= 11 is 6.04. The molecule has 0 spiro atoms. The molecule has 0 saturated heterocycles. The van der Waals surface area contributed by atoms with Crippen LogP contribution < -0.4 is 5.32 Å². The van der Waals surface area contributed by atoms with Crippen molar-refractivity contribution >= 4 is 23.3 Å². The summed E-state index contributed by atoms with van der Waals surface area (Å²) in [6.45, 7) is 2.70. The van der Waals surface area contributed by atoms with Gasteiger partial charge in [-0.05, 0) is 31.0 Å². The van der Waals surface area contributed by atoms with Crippen molar-refractivity contribution in [2.75, 3.05) is 19.0 Å². The van der Waals surface area contributed by atoms with E-state index in [9.17, 15) is 4.79 Å². The third kappa shape index (κ3) is 4.11. The summed E-state index contributed by atoms with van der Waals surface area (Å²) in [5, 5.41) is 3.89. The van der Waals surface area contributed by atoms with Gasteiger partial charge < -0.3 is 10.1 Å². The second kappa shape index (κ2) is 6.38. The highest BCUT2D eigenvalue weighted by Crippen LogP contribution is 2.22. The molecule has 0 atom stereocenters. The Kier molecular flexibility index (Phi) is 5.12. The van der Waals surface area contributed by atoms with Gasteiger partial charge in [-0.2, -0.15) is 0 Å². The molecule has 16 heavy (non-hydrogen) atoms. The summed E-state index contributed by atoms with van der Waals surface area (Å²) in [6, 6.07) is 5.84. The first-order valence-corrected chi connectivity index (χ1v) is 5.58. The van der Waals surface area contributed by atoms with E-state index in [4.69, 9.17) is 11.6 Å². The standard InChI is InChI=1S/C12H16ClNO2/c1-9-5-6-11(10(13)8-9)14-7-3-4-12(15)16-2/h5-6,8,14H,3-4,7H2,1-2H3. The van der Waals surface area contributed by atoms with Crippen LogP contribution in [0.2, 0.25) is 5.02 Å². The average Bonchev–Trinajstić information content (AvgIpc) is 2.26. The normalized spacial score (nSPS) is 9.94. The molecule has 0 aliphatic rings. The fourth-order valence-corrected chi connectivity index (χ4v) is 1.62. The molecule has 0 amide bonds. The number of anilines is 1. The summed E-state index contributed by atoms with van der Waals surface area (Å²) in [5.41, 5.74) is 2.03. The predicted molar refractivity (Wildman–Crippen MR) is 65.9 cm³/mol. The van der Waals surface area contributed by atoms with E-state index in [1.165, 1.54) is 7.11 Å². The number of halogens is 1. The lowest BCUT2D eigenvalue weighted by Gasteiger charge is -2.08. The van der Waals surface area contributed by atoms with Gasteiger partial charge in [0.2, 0.25) is 0 Å². The van der Waals surface area contributed by atoms with Gasteiger partial charge in [-0.3, -0.25) is 4.79 Å². The first kappa shape index (κ1) is 12.8. The molecule has 0 unspecified atom stereocenters. The smallest absolute Gasteiger partial charge is 0.305 e. The third-order valence-corrected chi connectivity index (χ3v) is 2.54. The van der Waals surface area contributed by atoms with Gasteiger partial charge in [0.25, 0.3) is 0 Å². The largest absolute Gasteiger partial charge is 0.469 e. The van der Waals surface area contributed by atoms with E-state index < -0.39 is 0 Å². The molecule has 4 heteroatoms. The van der Waals surface area contributed by atoms with Crippen molar-refractivity contribution in [2.45, 2.75) is 19.8 Å². The maximum atomic E-state index is 10.9. The van der Waals surface area contributed by atoms with Crippen LogP contribution in [0.25, 0.3) is 0 Å². The Bertz CT molecular complexity index is 366. The molecule has 0 heterocycles. The van der Waals surface area contributed by atoms with Crippen LogP contribution in [0.4, 0.5) is 5.69 Å². The summed E-state index contributed by atoms with van der Waals surface area (Å²) < 4.78 is 4.55. The van der Waals surface area contributed by atoms with Crippen molar-refractivity contribution in [1.29, 1.82) is 0 Å². The van der Waals surface area contributed by atoms with Gasteiger partial charge >= 0.3 is 5.97 Å². The van der Waals surface area contributed by atoms with Crippen LogP contribution in [0.5, 0.6) is 0 Å². The zero-order valence-electron chi connectivity index (χ0n) is 9.55. The predicted octanol–water partition coefficient (Wildman–Crippen LogP) is 3.01. The summed E-state index contributed by atoms with van der Waals surface area (Å²) in [4.78, 5) is 10.9. The number of ether oxygens (including phenoxy) is 1. The summed E-state index contributed by atoms with van der Waals surface area (Å²) in [7, 11) is 1.40. The van der Waals surface area contributed by atoms with Crippen LogP contribution in [0, 0.1) is 6.92 Å². The molecule has 0 bridgehead atoms. The average molecular weight is 242 g/mol. The Balaban J connectivity index is 2.35. The molecule has 1 rings (SSSR count). The first-order chi connectivity index (χ1) is 7.63. The Morgan fingerprint density at radius 2 is 2.25 bits per heavy atom. The Morgan fingerprint density at radius 3 is 2.88 bits per heavy atom. The van der Waals surface area contributed by atoms with E-state index in [2.05, 4.69) is 10.1 Å². The second-order valence-corrected chi connectivity index (χ2v) is 4.00. The lowest BCUT2D eigenvalue weighted by molar-refractivity contribution is -0.140. The van der Waals surface area contributed by atoms with Crippen molar-refractivity contribution in [2.24, 2.45) is 0 Å². The van der Waals surface area contributed by atoms with E-state index in [-0.39, 0.29) is 5.97 Å². The van der Waals surface area contributed by atoms with Crippen LogP contribution in [0.3, 0.4) is 0 Å². The minimum Gasteiger partial charge on any atom is -0.469 e. The zero-order chi connectivity index (χ0) is 12.0. The van der Waals surface area contributed by atoms with Crippen molar-refractivity contribution in [3.05, 3.63) is 28.8 Å². The van der Waals surface area contributed by atoms with Gasteiger partial charge in [0, 0.05) is 13.0 Å². The Morgan fingerprint density at radius 1 is 1.50 bits per heavy atom.